The lowest BCUT2D eigenvalue weighted by atomic mass is 9.89. The maximum Gasteiger partial charge on any atom is 0.248 e. The van der Waals surface area contributed by atoms with Gasteiger partial charge in [0.1, 0.15) is 29.9 Å². The highest BCUT2D eigenvalue weighted by molar-refractivity contribution is 8.00. The molecule has 2 saturated heterocycles. The fourth-order valence-corrected chi connectivity index (χ4v) is 12.8. The van der Waals surface area contributed by atoms with Gasteiger partial charge < -0.3 is 61.0 Å². The van der Waals surface area contributed by atoms with Crippen molar-refractivity contribution in [3.05, 3.63) is 52.5 Å². The van der Waals surface area contributed by atoms with Crippen molar-refractivity contribution in [2.45, 2.75) is 160 Å². The molecule has 0 saturated carbocycles. The minimum atomic E-state index is -1.45. The van der Waals surface area contributed by atoms with Gasteiger partial charge in [0.05, 0.1) is 73.6 Å². The van der Waals surface area contributed by atoms with Crippen molar-refractivity contribution in [3.8, 4) is 0 Å². The zero-order valence-electron chi connectivity index (χ0n) is 51.2. The first-order valence-electron chi connectivity index (χ1n) is 29.2. The Morgan fingerprint density at radius 2 is 1.61 bits per heavy atom. The molecule has 0 aliphatic carbocycles. The van der Waals surface area contributed by atoms with E-state index in [1.807, 2.05) is 70.3 Å². The largest absolute Gasteiger partial charge is 0.379 e. The van der Waals surface area contributed by atoms with Crippen molar-refractivity contribution < 1.29 is 67.3 Å². The van der Waals surface area contributed by atoms with Gasteiger partial charge in [0, 0.05) is 78.1 Å². The lowest BCUT2D eigenvalue weighted by Gasteiger charge is -2.41. The molecule has 3 heterocycles. The number of likely N-dealkylation sites (tertiary alicyclic amines) is 2. The first kappa shape index (κ1) is 71.8. The van der Waals surface area contributed by atoms with E-state index in [1.165, 1.54) is 30.4 Å². The SMILES string of the molecule is CCC(C)[C@@H]([C@@H](CC(=O)N1CCC[C@H]1[C@H](OC)[C@@H](C)C(=O)N[C@@H](Cc1ccccc1)c1nccs1)OC)N(C)C(=O)[C@@H](NC(=O)[C@H](C(C)C)N(C)C(=O)CCOCCNC(=O)CCN1C(=O)CC(SCC(NC(=O)CON)C(N)O)C1=O)C(C)C. The van der Waals surface area contributed by atoms with Crippen LogP contribution in [0.15, 0.2) is 41.9 Å². The van der Waals surface area contributed by atoms with Crippen LogP contribution in [0.2, 0.25) is 0 Å². The number of methoxy groups -OCH3 is 2. The number of thioether (sulfide) groups is 1. The number of aliphatic hydroxyl groups is 1. The Morgan fingerprint density at radius 3 is 2.21 bits per heavy atom. The van der Waals surface area contributed by atoms with Crippen LogP contribution >= 0.6 is 23.1 Å². The summed E-state index contributed by atoms with van der Waals surface area (Å²) in [5.74, 6) is -0.353. The van der Waals surface area contributed by atoms with Gasteiger partial charge in [0.2, 0.25) is 53.2 Å². The van der Waals surface area contributed by atoms with Crippen LogP contribution in [0.3, 0.4) is 0 Å². The van der Waals surface area contributed by atoms with E-state index in [0.717, 1.165) is 27.2 Å². The van der Waals surface area contributed by atoms with E-state index in [4.69, 9.17) is 25.8 Å². The number of aliphatic hydroxyl groups excluding tert-OH is 1. The number of thiazole rings is 1. The van der Waals surface area contributed by atoms with Gasteiger partial charge in [-0.1, -0.05) is 85.2 Å². The van der Waals surface area contributed by atoms with Crippen molar-refractivity contribution >= 4 is 76.3 Å². The molecule has 12 atom stereocenters. The summed E-state index contributed by atoms with van der Waals surface area (Å²) in [7, 11) is 6.25. The Labute approximate surface area is 508 Å². The second kappa shape index (κ2) is 35.8. The van der Waals surface area contributed by atoms with Gasteiger partial charge >= 0.3 is 0 Å². The van der Waals surface area contributed by atoms with Crippen LogP contribution in [-0.4, -0.2) is 210 Å². The van der Waals surface area contributed by atoms with Crippen LogP contribution in [0.5, 0.6) is 0 Å². The molecule has 1 aromatic carbocycles. The molecule has 0 spiro atoms. The van der Waals surface area contributed by atoms with E-state index >= 15 is 0 Å². The number of carbonyl (C=O) groups excluding carboxylic acids is 9. The summed E-state index contributed by atoms with van der Waals surface area (Å²) < 4.78 is 17.8. The Balaban J connectivity index is 1.29. The van der Waals surface area contributed by atoms with Crippen molar-refractivity contribution in [3.63, 3.8) is 0 Å². The van der Waals surface area contributed by atoms with Crippen LogP contribution in [-0.2, 0) is 68.6 Å². The van der Waals surface area contributed by atoms with Crippen molar-refractivity contribution in [2.75, 3.05) is 73.5 Å². The number of carbonyl (C=O) groups is 9. The summed E-state index contributed by atoms with van der Waals surface area (Å²) in [5.41, 5.74) is 6.61. The number of nitrogens with zero attached hydrogens (tertiary/aromatic N) is 5. The zero-order valence-corrected chi connectivity index (χ0v) is 52.8. The Hall–Kier alpha value is -5.65. The van der Waals surface area contributed by atoms with Crippen LogP contribution < -0.4 is 32.9 Å². The number of benzene rings is 1. The van der Waals surface area contributed by atoms with E-state index in [2.05, 4.69) is 31.1 Å². The van der Waals surface area contributed by atoms with Gasteiger partial charge in [-0.05, 0) is 42.6 Å². The second-order valence-electron chi connectivity index (χ2n) is 22.5. The van der Waals surface area contributed by atoms with Crippen molar-refractivity contribution in [1.29, 1.82) is 0 Å². The van der Waals surface area contributed by atoms with Gasteiger partial charge in [-0.25, -0.2) is 10.9 Å². The number of nitrogens with one attached hydrogen (secondary N) is 4. The number of nitrogens with two attached hydrogens (primary N) is 2. The van der Waals surface area contributed by atoms with Gasteiger partial charge in [-0.15, -0.1) is 23.1 Å². The molecule has 1 aromatic heterocycles. The summed E-state index contributed by atoms with van der Waals surface area (Å²) >= 11 is 2.51. The van der Waals surface area contributed by atoms with Gasteiger partial charge in [0.25, 0.3) is 0 Å². The predicted octanol–water partition coefficient (Wildman–Crippen LogP) is 1.51. The topological polar surface area (TPSA) is 337 Å². The average Bonchev–Trinajstić information content (AvgIpc) is 4.41. The molecular weight excluding hydrogens is 1140 g/mol. The highest BCUT2D eigenvalue weighted by Gasteiger charge is 2.44. The van der Waals surface area contributed by atoms with Crippen LogP contribution in [0.1, 0.15) is 110 Å². The molecule has 27 heteroatoms. The number of amides is 9. The number of aromatic nitrogens is 1. The predicted molar refractivity (Wildman–Crippen MR) is 320 cm³/mol. The van der Waals surface area contributed by atoms with Crippen molar-refractivity contribution in [1.82, 2.24) is 45.9 Å². The first-order chi connectivity index (χ1) is 40.4. The smallest absolute Gasteiger partial charge is 0.248 e. The van der Waals surface area contributed by atoms with E-state index in [9.17, 15) is 48.3 Å². The summed E-state index contributed by atoms with van der Waals surface area (Å²) in [6.07, 6.45) is 0.984. The maximum atomic E-state index is 14.7. The fourth-order valence-electron chi connectivity index (χ4n) is 10.9. The van der Waals surface area contributed by atoms with Crippen LogP contribution in [0.25, 0.3) is 0 Å². The van der Waals surface area contributed by atoms with Gasteiger partial charge in [-0.2, -0.15) is 0 Å². The third-order valence-corrected chi connectivity index (χ3v) is 18.0. The van der Waals surface area contributed by atoms with E-state index in [-0.39, 0.29) is 99.3 Å². The second-order valence-corrected chi connectivity index (χ2v) is 24.6. The minimum Gasteiger partial charge on any atom is -0.379 e. The number of hydrogen-bond donors (Lipinski definition) is 7. The number of likely N-dealkylation sites (N-methyl/N-ethyl adjacent to an activating group) is 2. The Morgan fingerprint density at radius 1 is 0.906 bits per heavy atom. The minimum absolute atomic E-state index is 0.0156. The molecule has 9 amide bonds. The Bertz CT molecular complexity index is 2480. The average molecular weight is 1230 g/mol. The molecule has 2 aliphatic rings. The lowest BCUT2D eigenvalue weighted by molar-refractivity contribution is -0.148. The highest BCUT2D eigenvalue weighted by atomic mass is 32.2. The van der Waals surface area contributed by atoms with E-state index < -0.39 is 102 Å². The third kappa shape index (κ3) is 21.0. The maximum absolute atomic E-state index is 14.7. The first-order valence-corrected chi connectivity index (χ1v) is 31.1. The zero-order chi connectivity index (χ0) is 63.1. The highest BCUT2D eigenvalue weighted by Crippen LogP contribution is 2.31. The summed E-state index contributed by atoms with van der Waals surface area (Å²) in [5, 5.41) is 23.0. The fraction of sp³-hybridized carbons (Fsp3) is 0.690. The molecule has 85 heavy (non-hydrogen) atoms. The number of rotatable bonds is 37. The third-order valence-electron chi connectivity index (χ3n) is 15.8. The van der Waals surface area contributed by atoms with Gasteiger partial charge in [-0.3, -0.25) is 52.9 Å². The monoisotopic (exact) mass is 1230 g/mol. The molecule has 25 nitrogen and oxygen atoms in total. The van der Waals surface area contributed by atoms with Crippen LogP contribution in [0, 0.1) is 23.7 Å². The number of hydrogen-bond acceptors (Lipinski definition) is 19. The summed E-state index contributed by atoms with van der Waals surface area (Å²) in [6.45, 7) is 13.0. The standard InChI is InChI=1S/C58H93N11O14S2/c1-12-36(6)51(42(80-10)30-47(73)68-24-16-19-41(68)52(81-11)37(7)54(76)64-39(56-62-23-28-84-56)29-38-17-14-13-15-18-38)67(9)58(79)49(34(2)3)65-55(77)50(35(4)5)66(8)46(72)21-26-82-27-22-61-44(70)20-25-69-48(74)31-43(57(69)78)85-33-40(53(59)75)63-45(71)32-83-60/h13-15,17-18,23,28,34-37,39-43,49-53,75H,12,16,19-22,24-27,29-33,59-60H2,1-11H3,(H,61,70)(H,63,71)(H,64,76)(H,65,77)/t36?,37-,39+,40?,41+,42-,43?,49+,50+,51+,52-,53?/m1/s1. The molecule has 2 aliphatic heterocycles. The van der Waals surface area contributed by atoms with Gasteiger partial charge in [0.15, 0.2) is 0 Å². The lowest BCUT2D eigenvalue weighted by Crippen LogP contribution is -2.60. The molecule has 9 N–H and O–H groups in total. The van der Waals surface area contributed by atoms with E-state index in [0.29, 0.717) is 32.2 Å². The Kier molecular flexibility index (Phi) is 30.3. The molecule has 2 aromatic rings. The molecular formula is C58H93N11O14S2. The number of ether oxygens (including phenoxy) is 3. The normalized spacial score (nSPS) is 18.9. The molecule has 0 bridgehead atoms. The quantitative estimate of drug-likeness (QED) is 0.0218. The van der Waals surface area contributed by atoms with Crippen LogP contribution in [0.4, 0.5) is 0 Å². The summed E-state index contributed by atoms with van der Waals surface area (Å²) in [6, 6.07) is 5.62. The number of imide groups is 1. The van der Waals surface area contributed by atoms with Crippen molar-refractivity contribution in [2.24, 2.45) is 35.3 Å². The summed E-state index contributed by atoms with van der Waals surface area (Å²) in [4.78, 5) is 136. The van der Waals surface area contributed by atoms with E-state index in [1.54, 1.807) is 44.0 Å². The molecule has 4 unspecified atom stereocenters. The molecule has 4 rings (SSSR count). The molecule has 0 radical (unpaired) electrons. The molecule has 476 valence electrons. The molecule has 2 fully saturated rings.